The molecule has 0 aliphatic carbocycles. The Kier molecular flexibility index (Phi) is 5.92. The van der Waals surface area contributed by atoms with E-state index in [1.807, 2.05) is 4.90 Å². The van der Waals surface area contributed by atoms with Crippen molar-refractivity contribution in [2.24, 2.45) is 0 Å². The minimum absolute atomic E-state index is 0.0120. The molecule has 0 unspecified atom stereocenters. The standard InChI is InChI=1S/C20H32N2O2/c1-7-21-8-10-22(11-9-21)18(23)14-16-12-15(2)13-17(19(16)24-6)20(3,4)5/h12-13H,7-11,14H2,1-6H3. The topological polar surface area (TPSA) is 32.8 Å². The summed E-state index contributed by atoms with van der Waals surface area (Å²) in [4.78, 5) is 17.1. The first-order valence-electron chi connectivity index (χ1n) is 8.94. The third-order valence-corrected chi connectivity index (χ3v) is 4.84. The smallest absolute Gasteiger partial charge is 0.227 e. The molecule has 1 aliphatic heterocycles. The van der Waals surface area contributed by atoms with E-state index in [0.717, 1.165) is 44.0 Å². The summed E-state index contributed by atoms with van der Waals surface area (Å²) in [6.45, 7) is 15.5. The molecule has 2 rings (SSSR count). The van der Waals surface area contributed by atoms with Gasteiger partial charge >= 0.3 is 0 Å². The van der Waals surface area contributed by atoms with E-state index in [1.165, 1.54) is 11.1 Å². The predicted molar refractivity (Wildman–Crippen MR) is 98.8 cm³/mol. The molecule has 4 heteroatoms. The Labute approximate surface area is 146 Å². The Hall–Kier alpha value is -1.55. The molecule has 1 fully saturated rings. The number of likely N-dealkylation sites (N-methyl/N-ethyl adjacent to an activating group) is 1. The van der Waals surface area contributed by atoms with Crippen LogP contribution in [0.5, 0.6) is 5.75 Å². The van der Waals surface area contributed by atoms with Gasteiger partial charge in [-0.25, -0.2) is 0 Å². The molecule has 134 valence electrons. The van der Waals surface area contributed by atoms with Crippen molar-refractivity contribution in [2.45, 2.75) is 46.5 Å². The molecule has 4 nitrogen and oxygen atoms in total. The van der Waals surface area contributed by atoms with Gasteiger partial charge in [0.1, 0.15) is 5.75 Å². The number of rotatable bonds is 4. The summed E-state index contributed by atoms with van der Waals surface area (Å²) in [5.41, 5.74) is 3.34. The van der Waals surface area contributed by atoms with Gasteiger partial charge < -0.3 is 14.5 Å². The lowest BCUT2D eigenvalue weighted by atomic mass is 9.83. The molecule has 0 spiro atoms. The zero-order valence-electron chi connectivity index (χ0n) is 16.1. The van der Waals surface area contributed by atoms with Crippen LogP contribution in [0, 0.1) is 6.92 Å². The highest BCUT2D eigenvalue weighted by atomic mass is 16.5. The Balaban J connectivity index is 2.20. The minimum atomic E-state index is -0.0120. The van der Waals surface area contributed by atoms with Gasteiger partial charge in [0.15, 0.2) is 0 Å². The molecule has 1 saturated heterocycles. The first kappa shape index (κ1) is 18.8. The van der Waals surface area contributed by atoms with Gasteiger partial charge in [-0.3, -0.25) is 4.79 Å². The number of amides is 1. The number of benzene rings is 1. The van der Waals surface area contributed by atoms with Crippen LogP contribution in [0.1, 0.15) is 44.4 Å². The summed E-state index contributed by atoms with van der Waals surface area (Å²) in [5, 5.41) is 0. The number of nitrogens with zero attached hydrogens (tertiary/aromatic N) is 2. The molecule has 24 heavy (non-hydrogen) atoms. The Bertz CT molecular complexity index is 582. The normalized spacial score (nSPS) is 16.3. The third-order valence-electron chi connectivity index (χ3n) is 4.84. The predicted octanol–water partition coefficient (Wildman–Crippen LogP) is 3.01. The number of hydrogen-bond acceptors (Lipinski definition) is 3. The quantitative estimate of drug-likeness (QED) is 0.850. The SMILES string of the molecule is CCN1CCN(C(=O)Cc2cc(C)cc(C(C)(C)C)c2OC)CC1. The maximum Gasteiger partial charge on any atom is 0.227 e. The second-order valence-corrected chi connectivity index (χ2v) is 7.75. The summed E-state index contributed by atoms with van der Waals surface area (Å²) in [6.07, 6.45) is 0.417. The summed E-state index contributed by atoms with van der Waals surface area (Å²) < 4.78 is 5.70. The number of hydrogen-bond donors (Lipinski definition) is 0. The number of piperazine rings is 1. The van der Waals surface area contributed by atoms with Crippen molar-refractivity contribution in [3.8, 4) is 5.75 Å². The van der Waals surface area contributed by atoms with Crippen molar-refractivity contribution in [1.29, 1.82) is 0 Å². The maximum absolute atomic E-state index is 12.8. The van der Waals surface area contributed by atoms with E-state index in [9.17, 15) is 4.79 Å². The molecule has 0 bridgehead atoms. The van der Waals surface area contributed by atoms with E-state index in [0.29, 0.717) is 6.42 Å². The van der Waals surface area contributed by atoms with Crippen LogP contribution in [-0.4, -0.2) is 55.5 Å². The molecule has 0 saturated carbocycles. The number of aryl methyl sites for hydroxylation is 1. The van der Waals surface area contributed by atoms with E-state index < -0.39 is 0 Å². The Morgan fingerprint density at radius 1 is 1.17 bits per heavy atom. The molecular formula is C20H32N2O2. The largest absolute Gasteiger partial charge is 0.496 e. The van der Waals surface area contributed by atoms with Crippen LogP contribution < -0.4 is 4.74 Å². The van der Waals surface area contributed by atoms with Crippen LogP contribution in [0.4, 0.5) is 0 Å². The highest BCUT2D eigenvalue weighted by Crippen LogP contribution is 2.35. The van der Waals surface area contributed by atoms with Gasteiger partial charge in [0.2, 0.25) is 5.91 Å². The average Bonchev–Trinajstić information content (AvgIpc) is 2.53. The van der Waals surface area contributed by atoms with Crippen molar-refractivity contribution in [3.63, 3.8) is 0 Å². The molecule has 1 aliphatic rings. The van der Waals surface area contributed by atoms with E-state index in [1.54, 1.807) is 7.11 Å². The first-order chi connectivity index (χ1) is 11.3. The van der Waals surface area contributed by atoms with E-state index in [4.69, 9.17) is 4.74 Å². The fraction of sp³-hybridized carbons (Fsp3) is 0.650. The zero-order valence-corrected chi connectivity index (χ0v) is 16.1. The first-order valence-corrected chi connectivity index (χ1v) is 8.94. The molecule has 0 aromatic heterocycles. The van der Waals surface area contributed by atoms with Crippen LogP contribution in [-0.2, 0) is 16.6 Å². The van der Waals surface area contributed by atoms with Crippen LogP contribution in [0.3, 0.4) is 0 Å². The second-order valence-electron chi connectivity index (χ2n) is 7.75. The monoisotopic (exact) mass is 332 g/mol. The van der Waals surface area contributed by atoms with Crippen molar-refractivity contribution in [3.05, 3.63) is 28.8 Å². The Morgan fingerprint density at radius 3 is 2.29 bits per heavy atom. The number of methoxy groups -OCH3 is 1. The summed E-state index contributed by atoms with van der Waals surface area (Å²) in [5.74, 6) is 1.07. The van der Waals surface area contributed by atoms with Crippen LogP contribution >= 0.6 is 0 Å². The highest BCUT2D eigenvalue weighted by molar-refractivity contribution is 5.80. The lowest BCUT2D eigenvalue weighted by Crippen LogP contribution is -2.48. The molecule has 1 heterocycles. The molecule has 0 radical (unpaired) electrons. The highest BCUT2D eigenvalue weighted by Gasteiger charge is 2.25. The van der Waals surface area contributed by atoms with Crippen LogP contribution in [0.15, 0.2) is 12.1 Å². The van der Waals surface area contributed by atoms with Gasteiger partial charge in [0.25, 0.3) is 0 Å². The average molecular weight is 332 g/mol. The fourth-order valence-corrected chi connectivity index (χ4v) is 3.37. The summed E-state index contributed by atoms with van der Waals surface area (Å²) in [6, 6.07) is 4.26. The summed E-state index contributed by atoms with van der Waals surface area (Å²) >= 11 is 0. The van der Waals surface area contributed by atoms with Gasteiger partial charge in [-0.15, -0.1) is 0 Å². The van der Waals surface area contributed by atoms with E-state index in [-0.39, 0.29) is 11.3 Å². The minimum Gasteiger partial charge on any atom is -0.496 e. The van der Waals surface area contributed by atoms with Gasteiger partial charge in [0, 0.05) is 37.3 Å². The van der Waals surface area contributed by atoms with Crippen molar-refractivity contribution in [1.82, 2.24) is 9.80 Å². The molecule has 1 aromatic rings. The zero-order chi connectivity index (χ0) is 17.9. The van der Waals surface area contributed by atoms with Crippen LogP contribution in [0.25, 0.3) is 0 Å². The molecule has 0 atom stereocenters. The molecular weight excluding hydrogens is 300 g/mol. The number of carbonyl (C=O) groups excluding carboxylic acids is 1. The summed E-state index contributed by atoms with van der Waals surface area (Å²) in [7, 11) is 1.70. The fourth-order valence-electron chi connectivity index (χ4n) is 3.37. The molecule has 1 amide bonds. The maximum atomic E-state index is 12.8. The number of carbonyl (C=O) groups is 1. The van der Waals surface area contributed by atoms with Crippen LogP contribution in [0.2, 0.25) is 0 Å². The molecule has 0 N–H and O–H groups in total. The lowest BCUT2D eigenvalue weighted by molar-refractivity contribution is -0.132. The van der Waals surface area contributed by atoms with Gasteiger partial charge in [-0.05, 0) is 18.9 Å². The Morgan fingerprint density at radius 2 is 1.79 bits per heavy atom. The molecule has 1 aromatic carbocycles. The van der Waals surface area contributed by atoms with Gasteiger partial charge in [-0.2, -0.15) is 0 Å². The lowest BCUT2D eigenvalue weighted by Gasteiger charge is -2.34. The third kappa shape index (κ3) is 4.29. The van der Waals surface area contributed by atoms with Crippen molar-refractivity contribution in [2.75, 3.05) is 39.8 Å². The van der Waals surface area contributed by atoms with Gasteiger partial charge in [0.05, 0.1) is 13.5 Å². The van der Waals surface area contributed by atoms with Crippen molar-refractivity contribution < 1.29 is 9.53 Å². The van der Waals surface area contributed by atoms with E-state index in [2.05, 4.69) is 51.7 Å². The van der Waals surface area contributed by atoms with Gasteiger partial charge in [-0.1, -0.05) is 45.4 Å². The van der Waals surface area contributed by atoms with E-state index >= 15 is 0 Å². The number of ether oxygens (including phenoxy) is 1. The second kappa shape index (κ2) is 7.56. The van der Waals surface area contributed by atoms with Crippen molar-refractivity contribution >= 4 is 5.91 Å².